The molecule has 0 heterocycles. The summed E-state index contributed by atoms with van der Waals surface area (Å²) in [6, 6.07) is 10.9. The molecule has 0 aliphatic heterocycles. The molecule has 1 aromatic carbocycles. The van der Waals surface area contributed by atoms with E-state index in [9.17, 15) is 5.11 Å². The maximum Gasteiger partial charge on any atom is 0.0695 e. The van der Waals surface area contributed by atoms with Gasteiger partial charge in [-0.1, -0.05) is 43.2 Å². The average Bonchev–Trinajstić information content (AvgIpc) is 2.46. The van der Waals surface area contributed by atoms with E-state index in [0.717, 1.165) is 25.1 Å². The number of aliphatic hydroxyl groups is 1. The predicted octanol–water partition coefficient (Wildman–Crippen LogP) is 2.94. The fourth-order valence-electron chi connectivity index (χ4n) is 3.08. The maximum absolute atomic E-state index is 10.1. The van der Waals surface area contributed by atoms with E-state index < -0.39 is 0 Å². The highest BCUT2D eigenvalue weighted by Crippen LogP contribution is 2.25. The van der Waals surface area contributed by atoms with E-state index in [-0.39, 0.29) is 6.10 Å². The van der Waals surface area contributed by atoms with Crippen molar-refractivity contribution in [2.24, 2.45) is 0 Å². The van der Waals surface area contributed by atoms with Crippen LogP contribution in [0.1, 0.15) is 37.2 Å². The van der Waals surface area contributed by atoms with Crippen molar-refractivity contribution in [3.63, 3.8) is 0 Å². The Balaban J connectivity index is 1.98. The molecule has 1 aromatic rings. The van der Waals surface area contributed by atoms with Crippen molar-refractivity contribution in [1.82, 2.24) is 4.90 Å². The number of hydrogen-bond acceptors (Lipinski definition) is 3. The zero-order valence-corrected chi connectivity index (χ0v) is 12.6. The molecule has 3 atom stereocenters. The molecule has 1 aliphatic rings. The van der Waals surface area contributed by atoms with E-state index in [0.29, 0.717) is 12.0 Å². The van der Waals surface area contributed by atoms with Gasteiger partial charge in [0.1, 0.15) is 0 Å². The molecule has 2 nitrogen and oxygen atoms in total. The van der Waals surface area contributed by atoms with E-state index in [1.54, 1.807) is 0 Å². The predicted molar refractivity (Wildman–Crippen MR) is 83.9 cm³/mol. The van der Waals surface area contributed by atoms with Crippen LogP contribution in [0.2, 0.25) is 0 Å². The minimum atomic E-state index is -0.157. The Morgan fingerprint density at radius 2 is 1.95 bits per heavy atom. The Morgan fingerprint density at radius 3 is 2.58 bits per heavy atom. The van der Waals surface area contributed by atoms with E-state index in [4.69, 9.17) is 0 Å². The molecular weight excluding hydrogens is 254 g/mol. The summed E-state index contributed by atoms with van der Waals surface area (Å²) < 4.78 is 0. The van der Waals surface area contributed by atoms with Gasteiger partial charge in [0.2, 0.25) is 0 Å². The highest BCUT2D eigenvalue weighted by atomic mass is 32.1. The van der Waals surface area contributed by atoms with Crippen LogP contribution >= 0.6 is 12.6 Å². The largest absolute Gasteiger partial charge is 0.391 e. The molecule has 0 amide bonds. The molecule has 1 aliphatic carbocycles. The molecule has 0 saturated heterocycles. The van der Waals surface area contributed by atoms with E-state index in [1.165, 1.54) is 18.4 Å². The molecular formula is C16H25NOS. The number of benzene rings is 1. The average molecular weight is 279 g/mol. The SMILES string of the molecule is CN(CC(CS)c1ccccc1)C1CCCCC1O. The van der Waals surface area contributed by atoms with Gasteiger partial charge in [0.05, 0.1) is 6.10 Å². The molecule has 3 unspecified atom stereocenters. The molecule has 0 radical (unpaired) electrons. The third-order valence-electron chi connectivity index (χ3n) is 4.26. The fraction of sp³-hybridized carbons (Fsp3) is 0.625. The van der Waals surface area contributed by atoms with Gasteiger partial charge in [-0.05, 0) is 31.2 Å². The van der Waals surface area contributed by atoms with Gasteiger partial charge in [-0.25, -0.2) is 0 Å². The lowest BCUT2D eigenvalue weighted by Crippen LogP contribution is -2.45. The first-order valence-corrected chi connectivity index (χ1v) is 7.89. The highest BCUT2D eigenvalue weighted by molar-refractivity contribution is 7.80. The van der Waals surface area contributed by atoms with Crippen LogP contribution in [0.4, 0.5) is 0 Å². The van der Waals surface area contributed by atoms with Gasteiger partial charge < -0.3 is 10.0 Å². The van der Waals surface area contributed by atoms with E-state index >= 15 is 0 Å². The summed E-state index contributed by atoms with van der Waals surface area (Å²) >= 11 is 4.50. The Hall–Kier alpha value is -0.510. The summed E-state index contributed by atoms with van der Waals surface area (Å²) in [7, 11) is 2.14. The Labute approximate surface area is 122 Å². The zero-order valence-electron chi connectivity index (χ0n) is 11.7. The Kier molecular flexibility index (Phi) is 5.74. The van der Waals surface area contributed by atoms with Crippen LogP contribution in [0.25, 0.3) is 0 Å². The van der Waals surface area contributed by atoms with E-state index in [1.807, 2.05) is 6.07 Å². The molecule has 0 spiro atoms. The van der Waals surface area contributed by atoms with Gasteiger partial charge in [0.25, 0.3) is 0 Å². The van der Waals surface area contributed by atoms with Crippen LogP contribution in [0.3, 0.4) is 0 Å². The van der Waals surface area contributed by atoms with Crippen LogP contribution in [0.5, 0.6) is 0 Å². The summed E-state index contributed by atoms with van der Waals surface area (Å²) in [5, 5.41) is 10.1. The Morgan fingerprint density at radius 1 is 1.26 bits per heavy atom. The normalized spacial score (nSPS) is 25.5. The summed E-state index contributed by atoms with van der Waals surface area (Å²) in [5.74, 6) is 1.28. The summed E-state index contributed by atoms with van der Waals surface area (Å²) in [4.78, 5) is 2.33. The summed E-state index contributed by atoms with van der Waals surface area (Å²) in [6.45, 7) is 0.968. The number of likely N-dealkylation sites (N-methyl/N-ethyl adjacent to an activating group) is 1. The number of nitrogens with zero attached hydrogens (tertiary/aromatic N) is 1. The first-order chi connectivity index (χ1) is 9.22. The minimum absolute atomic E-state index is 0.157. The number of aliphatic hydroxyl groups excluding tert-OH is 1. The van der Waals surface area contributed by atoms with Gasteiger partial charge in [-0.2, -0.15) is 12.6 Å². The fourth-order valence-corrected chi connectivity index (χ4v) is 3.41. The molecule has 0 aromatic heterocycles. The first kappa shape index (κ1) is 14.9. The van der Waals surface area contributed by atoms with Gasteiger partial charge in [-0.3, -0.25) is 0 Å². The van der Waals surface area contributed by atoms with Crippen molar-refractivity contribution in [2.45, 2.75) is 43.7 Å². The van der Waals surface area contributed by atoms with Crippen LogP contribution < -0.4 is 0 Å². The van der Waals surface area contributed by atoms with Gasteiger partial charge >= 0.3 is 0 Å². The molecule has 2 rings (SSSR count). The molecule has 1 saturated carbocycles. The van der Waals surface area contributed by atoms with Crippen LogP contribution in [0, 0.1) is 0 Å². The van der Waals surface area contributed by atoms with Crippen LogP contribution in [-0.4, -0.2) is 41.5 Å². The third kappa shape index (κ3) is 3.98. The molecule has 1 N–H and O–H groups in total. The van der Waals surface area contributed by atoms with Crippen molar-refractivity contribution >= 4 is 12.6 Å². The minimum Gasteiger partial charge on any atom is -0.391 e. The summed E-state index contributed by atoms with van der Waals surface area (Å²) in [5.41, 5.74) is 1.34. The maximum atomic E-state index is 10.1. The lowest BCUT2D eigenvalue weighted by atomic mass is 9.90. The van der Waals surface area contributed by atoms with Gasteiger partial charge in [0.15, 0.2) is 0 Å². The van der Waals surface area contributed by atoms with Gasteiger partial charge in [0, 0.05) is 18.5 Å². The van der Waals surface area contributed by atoms with Gasteiger partial charge in [-0.15, -0.1) is 0 Å². The topological polar surface area (TPSA) is 23.5 Å². The second kappa shape index (κ2) is 7.32. The number of rotatable bonds is 5. The Bertz CT molecular complexity index is 370. The molecule has 0 bridgehead atoms. The van der Waals surface area contributed by atoms with Crippen molar-refractivity contribution in [1.29, 1.82) is 0 Å². The standard InChI is InChI=1S/C16H25NOS/c1-17(15-9-5-6-10-16(15)18)11-14(12-19)13-7-3-2-4-8-13/h2-4,7-8,14-16,18-19H,5-6,9-12H2,1H3. The van der Waals surface area contributed by atoms with Crippen LogP contribution in [-0.2, 0) is 0 Å². The molecule has 1 fully saturated rings. The lowest BCUT2D eigenvalue weighted by molar-refractivity contribution is 0.0305. The lowest BCUT2D eigenvalue weighted by Gasteiger charge is -2.37. The second-order valence-corrected chi connectivity index (χ2v) is 6.01. The molecule has 3 heteroatoms. The zero-order chi connectivity index (χ0) is 13.7. The van der Waals surface area contributed by atoms with Crippen molar-refractivity contribution in [3.05, 3.63) is 35.9 Å². The van der Waals surface area contributed by atoms with Crippen molar-refractivity contribution in [3.8, 4) is 0 Å². The molecule has 19 heavy (non-hydrogen) atoms. The number of thiol groups is 1. The number of hydrogen-bond donors (Lipinski definition) is 2. The van der Waals surface area contributed by atoms with Crippen LogP contribution in [0.15, 0.2) is 30.3 Å². The molecule has 106 valence electrons. The van der Waals surface area contributed by atoms with Crippen molar-refractivity contribution < 1.29 is 5.11 Å². The van der Waals surface area contributed by atoms with E-state index in [2.05, 4.69) is 48.8 Å². The monoisotopic (exact) mass is 279 g/mol. The third-order valence-corrected chi connectivity index (χ3v) is 4.70. The second-order valence-electron chi connectivity index (χ2n) is 5.65. The first-order valence-electron chi connectivity index (χ1n) is 7.26. The van der Waals surface area contributed by atoms with Crippen molar-refractivity contribution in [2.75, 3.05) is 19.3 Å². The summed E-state index contributed by atoms with van der Waals surface area (Å²) in [6.07, 6.45) is 4.32. The smallest absolute Gasteiger partial charge is 0.0695 e. The highest BCUT2D eigenvalue weighted by Gasteiger charge is 2.27. The quantitative estimate of drug-likeness (QED) is 0.810.